The van der Waals surface area contributed by atoms with Gasteiger partial charge in [-0.15, -0.1) is 0 Å². The molecule has 1 amide bonds. The molecule has 116 valence electrons. The van der Waals surface area contributed by atoms with Crippen molar-refractivity contribution in [2.45, 2.75) is 6.42 Å². The van der Waals surface area contributed by atoms with Crippen LogP contribution < -0.4 is 5.32 Å². The van der Waals surface area contributed by atoms with Crippen molar-refractivity contribution < 1.29 is 14.6 Å². The van der Waals surface area contributed by atoms with Gasteiger partial charge < -0.3 is 15.2 Å². The highest BCUT2D eigenvalue weighted by molar-refractivity contribution is 5.94. The van der Waals surface area contributed by atoms with Crippen molar-refractivity contribution in [3.05, 3.63) is 60.2 Å². The Morgan fingerprint density at radius 2 is 1.64 bits per heavy atom. The number of hydrogen-bond acceptors (Lipinski definition) is 3. The molecule has 0 aliphatic rings. The molecule has 2 aromatic carbocycles. The number of carbonyl (C=O) groups excluding carboxylic acids is 1. The highest BCUT2D eigenvalue weighted by Gasteiger charge is 2.05. The van der Waals surface area contributed by atoms with E-state index >= 15 is 0 Å². The number of rotatable bonds is 8. The van der Waals surface area contributed by atoms with Crippen LogP contribution in [0.15, 0.2) is 54.6 Å². The molecule has 4 heteroatoms. The molecule has 2 rings (SSSR count). The van der Waals surface area contributed by atoms with Gasteiger partial charge >= 0.3 is 0 Å². The Labute approximate surface area is 130 Å². The molecular weight excluding hydrogens is 278 g/mol. The van der Waals surface area contributed by atoms with Crippen LogP contribution in [0.1, 0.15) is 16.8 Å². The van der Waals surface area contributed by atoms with E-state index in [1.54, 1.807) is 0 Å². The molecule has 0 fully saturated rings. The van der Waals surface area contributed by atoms with E-state index < -0.39 is 0 Å². The number of aliphatic hydroxyl groups excluding tert-OH is 1. The van der Waals surface area contributed by atoms with Crippen LogP contribution in [-0.2, 0) is 4.74 Å². The van der Waals surface area contributed by atoms with Crippen molar-refractivity contribution in [3.8, 4) is 11.1 Å². The van der Waals surface area contributed by atoms with Crippen molar-refractivity contribution in [1.29, 1.82) is 0 Å². The summed E-state index contributed by atoms with van der Waals surface area (Å²) >= 11 is 0. The summed E-state index contributed by atoms with van der Waals surface area (Å²) in [5, 5.41) is 11.4. The number of ether oxygens (including phenoxy) is 1. The number of benzene rings is 2. The van der Waals surface area contributed by atoms with Crippen molar-refractivity contribution >= 4 is 5.91 Å². The van der Waals surface area contributed by atoms with E-state index in [4.69, 9.17) is 9.84 Å². The minimum absolute atomic E-state index is 0.0279. The summed E-state index contributed by atoms with van der Waals surface area (Å²) in [6, 6.07) is 17.6. The average molecular weight is 299 g/mol. The van der Waals surface area contributed by atoms with E-state index in [9.17, 15) is 4.79 Å². The van der Waals surface area contributed by atoms with Crippen LogP contribution in [0.4, 0.5) is 0 Å². The quantitative estimate of drug-likeness (QED) is 0.736. The molecule has 0 spiro atoms. The van der Waals surface area contributed by atoms with Gasteiger partial charge in [-0.1, -0.05) is 42.5 Å². The van der Waals surface area contributed by atoms with Gasteiger partial charge in [-0.05, 0) is 29.7 Å². The lowest BCUT2D eigenvalue weighted by molar-refractivity contribution is 0.0867. The Morgan fingerprint density at radius 1 is 0.955 bits per heavy atom. The summed E-state index contributed by atoms with van der Waals surface area (Å²) in [6.07, 6.45) is 0.730. The molecule has 0 atom stereocenters. The summed E-state index contributed by atoms with van der Waals surface area (Å²) < 4.78 is 5.13. The molecule has 0 saturated carbocycles. The van der Waals surface area contributed by atoms with Gasteiger partial charge in [0, 0.05) is 18.7 Å². The lowest BCUT2D eigenvalue weighted by atomic mass is 10.0. The molecule has 0 saturated heterocycles. The first-order valence-corrected chi connectivity index (χ1v) is 7.43. The minimum Gasteiger partial charge on any atom is -0.394 e. The summed E-state index contributed by atoms with van der Waals surface area (Å²) in [5.41, 5.74) is 2.88. The normalized spacial score (nSPS) is 10.4. The fourth-order valence-electron chi connectivity index (χ4n) is 2.09. The third-order valence-corrected chi connectivity index (χ3v) is 3.24. The molecule has 2 N–H and O–H groups in total. The molecule has 0 aliphatic heterocycles. The third kappa shape index (κ3) is 4.98. The fourth-order valence-corrected chi connectivity index (χ4v) is 2.09. The SMILES string of the molecule is O=C(NCCCOCCO)c1ccc(-c2ccccc2)cc1. The van der Waals surface area contributed by atoms with Gasteiger partial charge in [-0.3, -0.25) is 4.79 Å². The summed E-state index contributed by atoms with van der Waals surface area (Å²) in [4.78, 5) is 12.0. The average Bonchev–Trinajstić information content (AvgIpc) is 2.59. The van der Waals surface area contributed by atoms with Gasteiger partial charge in [0.05, 0.1) is 13.2 Å². The molecule has 0 unspecified atom stereocenters. The first-order valence-electron chi connectivity index (χ1n) is 7.43. The smallest absolute Gasteiger partial charge is 0.251 e. The molecular formula is C18H21NO3. The maximum absolute atomic E-state index is 12.0. The van der Waals surface area contributed by atoms with E-state index in [1.165, 1.54) is 0 Å². The van der Waals surface area contributed by atoms with Crippen molar-refractivity contribution in [1.82, 2.24) is 5.32 Å². The number of aliphatic hydroxyl groups is 1. The zero-order valence-electron chi connectivity index (χ0n) is 12.5. The van der Waals surface area contributed by atoms with E-state index in [0.717, 1.165) is 17.5 Å². The highest BCUT2D eigenvalue weighted by Crippen LogP contribution is 2.19. The van der Waals surface area contributed by atoms with Gasteiger partial charge in [-0.2, -0.15) is 0 Å². The van der Waals surface area contributed by atoms with E-state index in [-0.39, 0.29) is 12.5 Å². The first-order chi connectivity index (χ1) is 10.8. The lowest BCUT2D eigenvalue weighted by Crippen LogP contribution is -2.25. The van der Waals surface area contributed by atoms with Crippen molar-refractivity contribution in [2.24, 2.45) is 0 Å². The Morgan fingerprint density at radius 3 is 2.32 bits per heavy atom. The van der Waals surface area contributed by atoms with Crippen LogP contribution in [0.3, 0.4) is 0 Å². The third-order valence-electron chi connectivity index (χ3n) is 3.24. The number of amides is 1. The molecule has 0 aromatic heterocycles. The monoisotopic (exact) mass is 299 g/mol. The number of carbonyl (C=O) groups is 1. The molecule has 0 heterocycles. The molecule has 2 aromatic rings. The van der Waals surface area contributed by atoms with Gasteiger partial charge in [0.2, 0.25) is 0 Å². The second kappa shape index (κ2) is 8.97. The zero-order valence-corrected chi connectivity index (χ0v) is 12.5. The summed E-state index contributed by atoms with van der Waals surface area (Å²) in [7, 11) is 0. The van der Waals surface area contributed by atoms with Crippen LogP contribution >= 0.6 is 0 Å². The second-order valence-corrected chi connectivity index (χ2v) is 4.89. The topological polar surface area (TPSA) is 58.6 Å². The Bertz CT molecular complexity index is 567. The van der Waals surface area contributed by atoms with E-state index in [1.807, 2.05) is 54.6 Å². The predicted octanol–water partition coefficient (Wildman–Crippen LogP) is 2.48. The Kier molecular flexibility index (Phi) is 6.61. The first kappa shape index (κ1) is 16.2. The van der Waals surface area contributed by atoms with Gasteiger partial charge in [-0.25, -0.2) is 0 Å². The van der Waals surface area contributed by atoms with Crippen molar-refractivity contribution in [3.63, 3.8) is 0 Å². The maximum Gasteiger partial charge on any atom is 0.251 e. The summed E-state index contributed by atoms with van der Waals surface area (Å²) in [6.45, 7) is 1.47. The van der Waals surface area contributed by atoms with Crippen LogP contribution in [0.25, 0.3) is 11.1 Å². The Hall–Kier alpha value is -2.17. The van der Waals surface area contributed by atoms with Crippen LogP contribution in [0.5, 0.6) is 0 Å². The summed E-state index contributed by atoms with van der Waals surface area (Å²) in [5.74, 6) is -0.0817. The maximum atomic E-state index is 12.0. The largest absolute Gasteiger partial charge is 0.394 e. The van der Waals surface area contributed by atoms with Gasteiger partial charge in [0.15, 0.2) is 0 Å². The minimum atomic E-state index is -0.0817. The predicted molar refractivity (Wildman–Crippen MR) is 86.7 cm³/mol. The second-order valence-electron chi connectivity index (χ2n) is 4.89. The standard InChI is InChI=1S/C18H21NO3/c20-12-14-22-13-4-11-19-18(21)17-9-7-16(8-10-17)15-5-2-1-3-6-15/h1-3,5-10,20H,4,11-14H2,(H,19,21). The lowest BCUT2D eigenvalue weighted by Gasteiger charge is -2.07. The van der Waals surface area contributed by atoms with Crippen LogP contribution in [-0.4, -0.2) is 37.4 Å². The molecule has 0 radical (unpaired) electrons. The van der Waals surface area contributed by atoms with E-state index in [0.29, 0.717) is 25.3 Å². The van der Waals surface area contributed by atoms with Crippen molar-refractivity contribution in [2.75, 3.05) is 26.4 Å². The van der Waals surface area contributed by atoms with Crippen LogP contribution in [0.2, 0.25) is 0 Å². The van der Waals surface area contributed by atoms with Crippen LogP contribution in [0, 0.1) is 0 Å². The fraction of sp³-hybridized carbons (Fsp3) is 0.278. The van der Waals surface area contributed by atoms with Gasteiger partial charge in [0.1, 0.15) is 0 Å². The highest BCUT2D eigenvalue weighted by atomic mass is 16.5. The number of hydrogen-bond donors (Lipinski definition) is 2. The zero-order chi connectivity index (χ0) is 15.6. The molecule has 0 bridgehead atoms. The molecule has 22 heavy (non-hydrogen) atoms. The number of nitrogens with one attached hydrogen (secondary N) is 1. The molecule has 0 aliphatic carbocycles. The van der Waals surface area contributed by atoms with E-state index in [2.05, 4.69) is 5.32 Å². The van der Waals surface area contributed by atoms with Gasteiger partial charge in [0.25, 0.3) is 5.91 Å². The Balaban J connectivity index is 1.81. The molecule has 4 nitrogen and oxygen atoms in total.